The summed E-state index contributed by atoms with van der Waals surface area (Å²) in [6, 6.07) is 0. The molecule has 0 heterocycles. The van der Waals surface area contributed by atoms with E-state index in [9.17, 15) is 14.0 Å². The number of carbonyl (C=O) groups excluding carboxylic acids is 1. The summed E-state index contributed by atoms with van der Waals surface area (Å²) < 4.78 is 13.7. The number of hydrogen-bond acceptors (Lipinski definition) is 3. The summed E-state index contributed by atoms with van der Waals surface area (Å²) in [6.07, 6.45) is 0.587. The van der Waals surface area contributed by atoms with Crippen molar-refractivity contribution in [3.8, 4) is 0 Å². The van der Waals surface area contributed by atoms with E-state index in [0.717, 1.165) is 0 Å². The Morgan fingerprint density at radius 3 is 2.43 bits per heavy atom. The molecule has 0 spiro atoms. The Morgan fingerprint density at radius 1 is 1.50 bits per heavy atom. The van der Waals surface area contributed by atoms with Gasteiger partial charge in [0.2, 0.25) is 11.6 Å². The molecule has 4 atom stereocenters. The van der Waals surface area contributed by atoms with Crippen molar-refractivity contribution in [1.29, 1.82) is 0 Å². The summed E-state index contributed by atoms with van der Waals surface area (Å²) in [5.74, 6) is -3.93. The quantitative estimate of drug-likeness (QED) is 0.534. The molecule has 0 bridgehead atoms. The molecular weight excluding hydrogens is 191 g/mol. The van der Waals surface area contributed by atoms with Gasteiger partial charge in [-0.15, -0.1) is 0 Å². The summed E-state index contributed by atoms with van der Waals surface area (Å²) in [5.41, 5.74) is 6.86. The predicted octanol–water partition coefficient (Wildman–Crippen LogP) is -0.998. The zero-order valence-corrected chi connectivity index (χ0v) is 7.37. The fraction of sp³-hybridized carbons (Fsp3) is 0.750. The highest BCUT2D eigenvalue weighted by atomic mass is 19.1. The SMILES string of the molecule is NC(=O)[C@]1(N)CCC2[C@H]1[C@@]2(F)C(=O)O. The molecule has 2 fully saturated rings. The summed E-state index contributed by atoms with van der Waals surface area (Å²) in [6.45, 7) is 0. The van der Waals surface area contributed by atoms with Gasteiger partial charge < -0.3 is 16.6 Å². The summed E-state index contributed by atoms with van der Waals surface area (Å²) in [4.78, 5) is 21.6. The Hall–Kier alpha value is -1.17. The molecule has 0 saturated heterocycles. The van der Waals surface area contributed by atoms with E-state index in [-0.39, 0.29) is 6.42 Å². The largest absolute Gasteiger partial charge is 0.479 e. The number of amides is 1. The number of primary amides is 1. The number of carbonyl (C=O) groups is 2. The highest BCUT2D eigenvalue weighted by Gasteiger charge is 2.81. The van der Waals surface area contributed by atoms with Gasteiger partial charge >= 0.3 is 5.97 Å². The van der Waals surface area contributed by atoms with E-state index in [0.29, 0.717) is 6.42 Å². The average molecular weight is 202 g/mol. The molecule has 5 nitrogen and oxygen atoms in total. The van der Waals surface area contributed by atoms with Gasteiger partial charge in [0.05, 0.1) is 0 Å². The van der Waals surface area contributed by atoms with E-state index >= 15 is 0 Å². The van der Waals surface area contributed by atoms with Crippen molar-refractivity contribution in [2.75, 3.05) is 0 Å². The van der Waals surface area contributed by atoms with Gasteiger partial charge in [0.1, 0.15) is 5.54 Å². The van der Waals surface area contributed by atoms with E-state index in [2.05, 4.69) is 0 Å². The number of nitrogens with two attached hydrogens (primary N) is 2. The van der Waals surface area contributed by atoms with Crippen molar-refractivity contribution in [2.45, 2.75) is 24.0 Å². The summed E-state index contributed by atoms with van der Waals surface area (Å²) in [7, 11) is 0. The van der Waals surface area contributed by atoms with Crippen LogP contribution in [0.15, 0.2) is 0 Å². The monoisotopic (exact) mass is 202 g/mol. The Labute approximate surface area is 79.2 Å². The lowest BCUT2D eigenvalue weighted by Gasteiger charge is -2.23. The van der Waals surface area contributed by atoms with Gasteiger partial charge in [0.25, 0.3) is 0 Å². The lowest BCUT2D eigenvalue weighted by molar-refractivity contribution is -0.147. The fourth-order valence-electron chi connectivity index (χ4n) is 2.65. The number of alkyl halides is 1. The summed E-state index contributed by atoms with van der Waals surface area (Å²) in [5, 5.41) is 8.65. The second-order valence-electron chi connectivity index (χ2n) is 4.10. The van der Waals surface area contributed by atoms with Gasteiger partial charge in [-0.1, -0.05) is 0 Å². The first-order valence-corrected chi connectivity index (χ1v) is 4.36. The van der Waals surface area contributed by atoms with Crippen LogP contribution in [0.25, 0.3) is 0 Å². The van der Waals surface area contributed by atoms with E-state index in [1.165, 1.54) is 0 Å². The number of carboxylic acid groups (broad SMARTS) is 1. The molecule has 2 aliphatic rings. The van der Waals surface area contributed by atoms with Gasteiger partial charge in [0, 0.05) is 11.8 Å². The van der Waals surface area contributed by atoms with Gasteiger partial charge in [-0.2, -0.15) is 0 Å². The van der Waals surface area contributed by atoms with Crippen molar-refractivity contribution < 1.29 is 19.1 Å². The molecule has 5 N–H and O–H groups in total. The molecule has 6 heteroatoms. The molecule has 0 aromatic heterocycles. The molecule has 0 aromatic rings. The topological polar surface area (TPSA) is 106 Å². The van der Waals surface area contributed by atoms with Crippen LogP contribution in [0.2, 0.25) is 0 Å². The number of halogens is 1. The zero-order chi connectivity index (χ0) is 10.7. The molecule has 78 valence electrons. The maximum absolute atomic E-state index is 13.7. The summed E-state index contributed by atoms with van der Waals surface area (Å²) >= 11 is 0. The third-order valence-corrected chi connectivity index (χ3v) is 3.50. The van der Waals surface area contributed by atoms with E-state index in [1.54, 1.807) is 0 Å². The average Bonchev–Trinajstić information content (AvgIpc) is 2.50. The third-order valence-electron chi connectivity index (χ3n) is 3.50. The molecule has 2 rings (SSSR count). The third kappa shape index (κ3) is 0.771. The van der Waals surface area contributed by atoms with E-state index in [4.69, 9.17) is 16.6 Å². The van der Waals surface area contributed by atoms with Crippen molar-refractivity contribution >= 4 is 11.9 Å². The van der Waals surface area contributed by atoms with Crippen molar-refractivity contribution in [3.63, 3.8) is 0 Å². The number of hydrogen-bond donors (Lipinski definition) is 3. The highest BCUT2D eigenvalue weighted by Crippen LogP contribution is 2.66. The normalized spacial score (nSPS) is 49.9. The smallest absolute Gasteiger partial charge is 0.342 e. The van der Waals surface area contributed by atoms with Crippen molar-refractivity contribution in [1.82, 2.24) is 0 Å². The molecule has 0 aliphatic heterocycles. The van der Waals surface area contributed by atoms with Crippen LogP contribution in [0.4, 0.5) is 4.39 Å². The minimum absolute atomic E-state index is 0.274. The van der Waals surface area contributed by atoms with Crippen LogP contribution in [0.3, 0.4) is 0 Å². The van der Waals surface area contributed by atoms with E-state index < -0.39 is 34.9 Å². The zero-order valence-electron chi connectivity index (χ0n) is 7.37. The first-order valence-electron chi connectivity index (χ1n) is 4.36. The minimum Gasteiger partial charge on any atom is -0.479 e. The number of rotatable bonds is 2. The first kappa shape index (κ1) is 9.39. The molecule has 2 saturated carbocycles. The maximum atomic E-state index is 13.7. The second-order valence-corrected chi connectivity index (χ2v) is 4.10. The van der Waals surface area contributed by atoms with Gasteiger partial charge in [-0.3, -0.25) is 4.79 Å². The fourth-order valence-corrected chi connectivity index (χ4v) is 2.65. The molecule has 14 heavy (non-hydrogen) atoms. The maximum Gasteiger partial charge on any atom is 0.342 e. The van der Waals surface area contributed by atoms with Crippen LogP contribution >= 0.6 is 0 Å². The second kappa shape index (κ2) is 2.25. The lowest BCUT2D eigenvalue weighted by Crippen LogP contribution is -2.55. The Kier molecular flexibility index (Phi) is 1.51. The van der Waals surface area contributed by atoms with Gasteiger partial charge in [-0.05, 0) is 12.8 Å². The lowest BCUT2D eigenvalue weighted by atomic mass is 9.90. The minimum atomic E-state index is -2.33. The highest BCUT2D eigenvalue weighted by molar-refractivity contribution is 5.92. The molecular formula is C8H11FN2O3. The van der Waals surface area contributed by atoms with Crippen LogP contribution in [-0.2, 0) is 9.59 Å². The number of fused-ring (bicyclic) bond motifs is 1. The molecule has 2 aliphatic carbocycles. The molecule has 1 amide bonds. The van der Waals surface area contributed by atoms with Crippen LogP contribution in [0.1, 0.15) is 12.8 Å². The number of carboxylic acids is 1. The van der Waals surface area contributed by atoms with Crippen LogP contribution in [-0.4, -0.2) is 28.2 Å². The van der Waals surface area contributed by atoms with Crippen molar-refractivity contribution in [3.05, 3.63) is 0 Å². The van der Waals surface area contributed by atoms with Crippen molar-refractivity contribution in [2.24, 2.45) is 23.3 Å². The van der Waals surface area contributed by atoms with Gasteiger partial charge in [0.15, 0.2) is 0 Å². The Morgan fingerprint density at radius 2 is 2.07 bits per heavy atom. The molecule has 0 radical (unpaired) electrons. The first-order chi connectivity index (χ1) is 6.35. The Balaban J connectivity index is 2.31. The molecule has 0 aromatic carbocycles. The Bertz CT molecular complexity index is 335. The standard InChI is InChI=1S/C8H11FN2O3/c9-8(6(13)14)3-1-2-7(11,4(3)8)5(10)12/h3-4H,1-2,11H2,(H2,10,12)(H,13,14)/t3?,4-,7+,8-/m1/s1. The predicted molar refractivity (Wildman–Crippen MR) is 43.8 cm³/mol. The van der Waals surface area contributed by atoms with Crippen LogP contribution < -0.4 is 11.5 Å². The van der Waals surface area contributed by atoms with Gasteiger partial charge in [-0.25, -0.2) is 9.18 Å². The van der Waals surface area contributed by atoms with Crippen LogP contribution in [0.5, 0.6) is 0 Å². The van der Waals surface area contributed by atoms with E-state index in [1.807, 2.05) is 0 Å². The molecule has 1 unspecified atom stereocenters. The number of aliphatic carboxylic acids is 1. The van der Waals surface area contributed by atoms with Crippen LogP contribution in [0, 0.1) is 11.8 Å².